The van der Waals surface area contributed by atoms with Gasteiger partial charge in [-0.25, -0.2) is 9.97 Å². The minimum atomic E-state index is -0.155. The molecule has 1 saturated heterocycles. The molecular weight excluding hydrogens is 530 g/mol. The van der Waals surface area contributed by atoms with Crippen LogP contribution in [0.5, 0.6) is 17.2 Å². The van der Waals surface area contributed by atoms with Crippen LogP contribution in [0, 0.1) is 0 Å². The van der Waals surface area contributed by atoms with Gasteiger partial charge in [0.25, 0.3) is 5.91 Å². The zero-order chi connectivity index (χ0) is 28.7. The number of anilines is 1. The van der Waals surface area contributed by atoms with Crippen molar-refractivity contribution in [1.29, 1.82) is 0 Å². The number of ketones is 1. The minimum absolute atomic E-state index is 0.0100. The Labute approximate surface area is 243 Å². The predicted molar refractivity (Wildman–Crippen MR) is 160 cm³/mol. The van der Waals surface area contributed by atoms with Crippen molar-refractivity contribution in [3.8, 4) is 17.2 Å². The van der Waals surface area contributed by atoms with E-state index in [2.05, 4.69) is 20.3 Å². The summed E-state index contributed by atoms with van der Waals surface area (Å²) >= 11 is 0. The van der Waals surface area contributed by atoms with Crippen molar-refractivity contribution in [3.63, 3.8) is 0 Å². The van der Waals surface area contributed by atoms with E-state index in [9.17, 15) is 9.59 Å². The number of fused-ring (bicyclic) bond motifs is 1. The molecule has 0 spiro atoms. The fourth-order valence-electron chi connectivity index (χ4n) is 5.23. The van der Waals surface area contributed by atoms with Gasteiger partial charge in [0, 0.05) is 30.9 Å². The number of carbonyl (C=O) groups excluding carboxylic acids is 2. The number of nitrogens with zero attached hydrogens (tertiary/aromatic N) is 3. The number of H-pyrrole nitrogens is 1. The van der Waals surface area contributed by atoms with E-state index in [1.165, 1.54) is 6.33 Å². The number of likely N-dealkylation sites (tertiary alicyclic amines) is 1. The van der Waals surface area contributed by atoms with Gasteiger partial charge in [-0.3, -0.25) is 9.59 Å². The van der Waals surface area contributed by atoms with E-state index in [-0.39, 0.29) is 24.3 Å². The number of benzene rings is 3. The Morgan fingerprint density at radius 1 is 0.881 bits per heavy atom. The Kier molecular flexibility index (Phi) is 8.07. The van der Waals surface area contributed by atoms with E-state index in [4.69, 9.17) is 9.47 Å². The molecule has 1 aliphatic heterocycles. The van der Waals surface area contributed by atoms with E-state index in [1.54, 1.807) is 30.5 Å². The number of carbonyl (C=O) groups is 2. The number of para-hydroxylation sites is 2. The van der Waals surface area contributed by atoms with Crippen LogP contribution in [0.25, 0.3) is 11.0 Å². The molecule has 1 amide bonds. The van der Waals surface area contributed by atoms with Crippen LogP contribution in [0.1, 0.15) is 35.2 Å². The van der Waals surface area contributed by atoms with Gasteiger partial charge in [-0.2, -0.15) is 0 Å². The van der Waals surface area contributed by atoms with E-state index in [1.807, 2.05) is 65.6 Å². The fourth-order valence-corrected chi connectivity index (χ4v) is 5.23. The van der Waals surface area contributed by atoms with E-state index < -0.39 is 0 Å². The number of aromatic nitrogens is 3. The third-order valence-corrected chi connectivity index (χ3v) is 7.37. The molecule has 212 valence electrons. The smallest absolute Gasteiger partial charge is 0.260 e. The zero-order valence-corrected chi connectivity index (χ0v) is 23.0. The Bertz CT molecular complexity index is 1660. The zero-order valence-electron chi connectivity index (χ0n) is 23.0. The van der Waals surface area contributed by atoms with Gasteiger partial charge in [-0.1, -0.05) is 36.4 Å². The topological polar surface area (TPSA) is 109 Å². The molecule has 1 atom stereocenters. The Balaban J connectivity index is 1.15. The lowest BCUT2D eigenvalue weighted by Crippen LogP contribution is -2.48. The maximum absolute atomic E-state index is 13.6. The Morgan fingerprint density at radius 3 is 2.36 bits per heavy atom. The molecule has 0 saturated carbocycles. The SMILES string of the molecule is O=C(c1ccc(Oc2ccccc2)cc1)c1c[nH]c2ncnc(NCC3CCCCN3C(=O)COc3ccccc3)c12. The molecule has 2 N–H and O–H groups in total. The summed E-state index contributed by atoms with van der Waals surface area (Å²) in [5, 5.41) is 4.03. The lowest BCUT2D eigenvalue weighted by atomic mass is 10.0. The van der Waals surface area contributed by atoms with Crippen LogP contribution >= 0.6 is 0 Å². The molecule has 42 heavy (non-hydrogen) atoms. The van der Waals surface area contributed by atoms with Crippen LogP contribution in [0.2, 0.25) is 0 Å². The molecule has 9 heteroatoms. The van der Waals surface area contributed by atoms with E-state index in [0.717, 1.165) is 25.0 Å². The van der Waals surface area contributed by atoms with Gasteiger partial charge in [-0.15, -0.1) is 0 Å². The number of piperidine rings is 1. The largest absolute Gasteiger partial charge is 0.484 e. The van der Waals surface area contributed by atoms with Crippen LogP contribution in [-0.4, -0.2) is 57.3 Å². The summed E-state index contributed by atoms with van der Waals surface area (Å²) in [6.07, 6.45) is 5.99. The highest BCUT2D eigenvalue weighted by Crippen LogP contribution is 2.28. The van der Waals surface area contributed by atoms with Gasteiger partial charge >= 0.3 is 0 Å². The van der Waals surface area contributed by atoms with Gasteiger partial charge < -0.3 is 24.7 Å². The van der Waals surface area contributed by atoms with Crippen molar-refractivity contribution >= 4 is 28.5 Å². The second kappa shape index (κ2) is 12.6. The van der Waals surface area contributed by atoms with Crippen LogP contribution < -0.4 is 14.8 Å². The number of aromatic amines is 1. The molecule has 1 fully saturated rings. The number of hydrogen-bond acceptors (Lipinski definition) is 7. The van der Waals surface area contributed by atoms with E-state index in [0.29, 0.717) is 52.6 Å². The van der Waals surface area contributed by atoms with Gasteiger partial charge in [0.05, 0.1) is 10.9 Å². The second-order valence-electron chi connectivity index (χ2n) is 10.1. The summed E-state index contributed by atoms with van der Waals surface area (Å²) in [4.78, 5) is 40.4. The molecule has 3 heterocycles. The van der Waals surface area contributed by atoms with Crippen LogP contribution in [0.4, 0.5) is 5.82 Å². The molecule has 6 rings (SSSR count). The second-order valence-corrected chi connectivity index (χ2v) is 10.1. The summed E-state index contributed by atoms with van der Waals surface area (Å²) in [7, 11) is 0. The molecule has 9 nitrogen and oxygen atoms in total. The third kappa shape index (κ3) is 6.10. The molecule has 5 aromatic rings. The van der Waals surface area contributed by atoms with Crippen LogP contribution in [0.3, 0.4) is 0 Å². The van der Waals surface area contributed by atoms with Crippen molar-refractivity contribution in [1.82, 2.24) is 19.9 Å². The maximum atomic E-state index is 13.6. The summed E-state index contributed by atoms with van der Waals surface area (Å²) in [5.41, 5.74) is 1.55. The molecule has 2 aromatic heterocycles. The van der Waals surface area contributed by atoms with E-state index >= 15 is 0 Å². The number of hydrogen-bond donors (Lipinski definition) is 2. The van der Waals surface area contributed by atoms with Gasteiger partial charge in [0.2, 0.25) is 0 Å². The quantitative estimate of drug-likeness (QED) is 0.206. The predicted octanol–water partition coefficient (Wildman–Crippen LogP) is 5.85. The van der Waals surface area contributed by atoms with Crippen molar-refractivity contribution in [3.05, 3.63) is 109 Å². The molecule has 0 bridgehead atoms. The molecule has 1 unspecified atom stereocenters. The van der Waals surface area contributed by atoms with Gasteiger partial charge in [0.15, 0.2) is 12.4 Å². The summed E-state index contributed by atoms with van der Waals surface area (Å²) in [5.74, 6) is 2.38. The first-order valence-electron chi connectivity index (χ1n) is 14.1. The summed E-state index contributed by atoms with van der Waals surface area (Å²) in [6, 6.07) is 25.9. The number of rotatable bonds is 10. The van der Waals surface area contributed by atoms with Crippen LogP contribution in [-0.2, 0) is 4.79 Å². The van der Waals surface area contributed by atoms with Gasteiger partial charge in [-0.05, 0) is 67.8 Å². The van der Waals surface area contributed by atoms with Crippen molar-refractivity contribution in [2.75, 3.05) is 25.0 Å². The number of amides is 1. The highest BCUT2D eigenvalue weighted by atomic mass is 16.5. The highest BCUT2D eigenvalue weighted by Gasteiger charge is 2.27. The third-order valence-electron chi connectivity index (χ3n) is 7.37. The first kappa shape index (κ1) is 27.0. The maximum Gasteiger partial charge on any atom is 0.260 e. The monoisotopic (exact) mass is 561 g/mol. The lowest BCUT2D eigenvalue weighted by molar-refractivity contribution is -0.136. The molecule has 3 aromatic carbocycles. The standard InChI is InChI=1S/C33H31N5O4/c39-29(21-41-25-10-3-1-4-11-25)38-18-8-7-9-24(38)19-34-32-30-28(20-35-33(30)37-22-36-32)31(40)23-14-16-27(17-15-23)42-26-12-5-2-6-13-26/h1-6,10-17,20,22,24H,7-9,18-19,21H2,(H2,34,35,36,37). The Morgan fingerprint density at radius 2 is 1.60 bits per heavy atom. The fraction of sp³-hybridized carbons (Fsp3) is 0.212. The summed E-state index contributed by atoms with van der Waals surface area (Å²) < 4.78 is 11.6. The average Bonchev–Trinajstić information content (AvgIpc) is 3.49. The Hall–Kier alpha value is -5.18. The lowest BCUT2D eigenvalue weighted by Gasteiger charge is -2.36. The number of ether oxygens (including phenoxy) is 2. The molecule has 1 aliphatic rings. The first-order valence-corrected chi connectivity index (χ1v) is 14.1. The van der Waals surface area contributed by atoms with Crippen molar-refractivity contribution in [2.45, 2.75) is 25.3 Å². The summed E-state index contributed by atoms with van der Waals surface area (Å²) in [6.45, 7) is 1.16. The molecule has 0 radical (unpaired) electrons. The average molecular weight is 562 g/mol. The molecular formula is C33H31N5O4. The van der Waals surface area contributed by atoms with Crippen LogP contribution in [0.15, 0.2) is 97.5 Å². The highest BCUT2D eigenvalue weighted by molar-refractivity contribution is 6.18. The van der Waals surface area contributed by atoms with Crippen molar-refractivity contribution in [2.24, 2.45) is 0 Å². The first-order chi connectivity index (χ1) is 20.7. The number of nitrogens with one attached hydrogen (secondary N) is 2. The van der Waals surface area contributed by atoms with Gasteiger partial charge in [0.1, 0.15) is 35.0 Å². The normalized spacial score (nSPS) is 14.9. The van der Waals surface area contributed by atoms with Crippen molar-refractivity contribution < 1.29 is 19.1 Å². The molecule has 0 aliphatic carbocycles. The minimum Gasteiger partial charge on any atom is -0.484 e.